The van der Waals surface area contributed by atoms with Gasteiger partial charge in [-0.2, -0.15) is 0 Å². The molecule has 0 saturated heterocycles. The molecule has 0 aliphatic rings. The van der Waals surface area contributed by atoms with Gasteiger partial charge in [0, 0.05) is 5.56 Å². The number of ether oxygens (including phenoxy) is 1. The number of rotatable bonds is 5. The summed E-state index contributed by atoms with van der Waals surface area (Å²) < 4.78 is 4.94. The van der Waals surface area contributed by atoms with E-state index in [0.717, 1.165) is 6.42 Å². The number of hydrogen-bond donors (Lipinski definition) is 1. The van der Waals surface area contributed by atoms with Gasteiger partial charge in [0.15, 0.2) is 0 Å². The Bertz CT molecular complexity index is 376. The molecule has 0 saturated carbocycles. The van der Waals surface area contributed by atoms with Crippen molar-refractivity contribution in [3.63, 3.8) is 0 Å². The third-order valence-electron chi connectivity index (χ3n) is 2.19. The molecular formula is C13H17NO3. The summed E-state index contributed by atoms with van der Waals surface area (Å²) in [4.78, 5) is 23.1. The second-order valence-corrected chi connectivity index (χ2v) is 3.73. The highest BCUT2D eigenvalue weighted by Gasteiger charge is 2.17. The molecule has 0 aliphatic heterocycles. The number of carbonyl (C=O) groups is 2. The van der Waals surface area contributed by atoms with E-state index >= 15 is 0 Å². The fourth-order valence-electron chi connectivity index (χ4n) is 1.26. The molecule has 1 unspecified atom stereocenters. The Morgan fingerprint density at radius 2 is 1.94 bits per heavy atom. The van der Waals surface area contributed by atoms with Gasteiger partial charge < -0.3 is 10.1 Å². The van der Waals surface area contributed by atoms with Crippen LogP contribution in [0, 0.1) is 0 Å². The number of esters is 1. The third-order valence-corrected chi connectivity index (χ3v) is 2.19. The van der Waals surface area contributed by atoms with Gasteiger partial charge in [0.25, 0.3) is 5.91 Å². The molecule has 0 bridgehead atoms. The third kappa shape index (κ3) is 4.26. The van der Waals surface area contributed by atoms with Gasteiger partial charge in [0.1, 0.15) is 6.04 Å². The van der Waals surface area contributed by atoms with Gasteiger partial charge in [-0.1, -0.05) is 25.1 Å². The van der Waals surface area contributed by atoms with Crippen LogP contribution in [-0.4, -0.2) is 24.5 Å². The summed E-state index contributed by atoms with van der Waals surface area (Å²) in [5.74, 6) is -0.678. The lowest BCUT2D eigenvalue weighted by Gasteiger charge is -2.12. The fourth-order valence-corrected chi connectivity index (χ4v) is 1.26. The minimum atomic E-state index is -0.630. The second kappa shape index (κ2) is 6.68. The molecule has 0 fully saturated rings. The maximum absolute atomic E-state index is 11.7. The summed E-state index contributed by atoms with van der Waals surface area (Å²) in [5, 5.41) is 2.59. The lowest BCUT2D eigenvalue weighted by molar-refractivity contribution is -0.145. The average molecular weight is 235 g/mol. The molecule has 0 aliphatic carbocycles. The second-order valence-electron chi connectivity index (χ2n) is 3.73. The largest absolute Gasteiger partial charge is 0.464 e. The molecule has 4 heteroatoms. The lowest BCUT2D eigenvalue weighted by atomic mass is 10.2. The van der Waals surface area contributed by atoms with E-state index in [9.17, 15) is 9.59 Å². The van der Waals surface area contributed by atoms with Crippen LogP contribution in [0.1, 0.15) is 30.6 Å². The maximum Gasteiger partial charge on any atom is 0.328 e. The van der Waals surface area contributed by atoms with Crippen molar-refractivity contribution >= 4 is 11.9 Å². The molecule has 1 rings (SSSR count). The van der Waals surface area contributed by atoms with Crippen LogP contribution in [0.3, 0.4) is 0 Å². The standard InChI is InChI=1S/C13H17NO3/c1-3-9-17-13(16)10(2)14-12(15)11-7-5-4-6-8-11/h4-8,10H,3,9H2,1-2H3,(H,14,15). The Morgan fingerprint density at radius 1 is 1.29 bits per heavy atom. The summed E-state index contributed by atoms with van der Waals surface area (Å²) in [6, 6.07) is 8.13. The molecule has 4 nitrogen and oxygen atoms in total. The Labute approximate surface area is 101 Å². The summed E-state index contributed by atoms with van der Waals surface area (Å²) in [6.45, 7) is 3.91. The zero-order valence-corrected chi connectivity index (χ0v) is 10.1. The molecule has 1 aromatic carbocycles. The summed E-state index contributed by atoms with van der Waals surface area (Å²) >= 11 is 0. The molecule has 1 atom stereocenters. The Hall–Kier alpha value is -1.84. The van der Waals surface area contributed by atoms with Gasteiger partial charge in [-0.3, -0.25) is 4.79 Å². The molecule has 0 aromatic heterocycles. The molecule has 1 aromatic rings. The van der Waals surface area contributed by atoms with Crippen molar-refractivity contribution in [1.29, 1.82) is 0 Å². The molecule has 0 radical (unpaired) electrons. The van der Waals surface area contributed by atoms with Crippen LogP contribution >= 0.6 is 0 Å². The van der Waals surface area contributed by atoms with E-state index in [1.54, 1.807) is 31.2 Å². The SMILES string of the molecule is CCCOC(=O)C(C)NC(=O)c1ccccc1. The van der Waals surface area contributed by atoms with Gasteiger partial charge in [-0.15, -0.1) is 0 Å². The predicted octanol–water partition coefficient (Wildman–Crippen LogP) is 1.76. The summed E-state index contributed by atoms with van der Waals surface area (Å²) in [7, 11) is 0. The van der Waals surface area contributed by atoms with Gasteiger partial charge >= 0.3 is 5.97 Å². The Balaban J connectivity index is 2.49. The smallest absolute Gasteiger partial charge is 0.328 e. The maximum atomic E-state index is 11.7. The van der Waals surface area contributed by atoms with E-state index in [1.165, 1.54) is 0 Å². The molecule has 1 amide bonds. The van der Waals surface area contributed by atoms with Crippen LogP contribution in [0.25, 0.3) is 0 Å². The normalized spacial score (nSPS) is 11.6. The van der Waals surface area contributed by atoms with E-state index in [1.807, 2.05) is 13.0 Å². The molecule has 1 N–H and O–H groups in total. The van der Waals surface area contributed by atoms with Crippen LogP contribution in [0.2, 0.25) is 0 Å². The van der Waals surface area contributed by atoms with Crippen molar-refractivity contribution in [2.45, 2.75) is 26.3 Å². The van der Waals surface area contributed by atoms with E-state index in [4.69, 9.17) is 4.74 Å². The number of hydrogen-bond acceptors (Lipinski definition) is 3. The van der Waals surface area contributed by atoms with Crippen LogP contribution in [0.5, 0.6) is 0 Å². The van der Waals surface area contributed by atoms with Crippen molar-refractivity contribution in [1.82, 2.24) is 5.32 Å². The number of nitrogens with one attached hydrogen (secondary N) is 1. The van der Waals surface area contributed by atoms with Crippen LogP contribution in [-0.2, 0) is 9.53 Å². The first-order valence-corrected chi connectivity index (χ1v) is 5.67. The van der Waals surface area contributed by atoms with Gasteiger partial charge in [-0.25, -0.2) is 4.79 Å². The highest BCUT2D eigenvalue weighted by atomic mass is 16.5. The first kappa shape index (κ1) is 13.2. The molecule has 92 valence electrons. The quantitative estimate of drug-likeness (QED) is 0.791. The highest BCUT2D eigenvalue weighted by molar-refractivity contribution is 5.96. The monoisotopic (exact) mass is 235 g/mol. The zero-order valence-electron chi connectivity index (χ0n) is 10.1. The van der Waals surface area contributed by atoms with Crippen molar-refractivity contribution in [2.75, 3.05) is 6.61 Å². The van der Waals surface area contributed by atoms with Crippen molar-refractivity contribution in [3.8, 4) is 0 Å². The topological polar surface area (TPSA) is 55.4 Å². The van der Waals surface area contributed by atoms with E-state index < -0.39 is 12.0 Å². The molecule has 17 heavy (non-hydrogen) atoms. The van der Waals surface area contributed by atoms with Gasteiger partial charge in [0.05, 0.1) is 6.61 Å². The lowest BCUT2D eigenvalue weighted by Crippen LogP contribution is -2.39. The van der Waals surface area contributed by atoms with E-state index in [-0.39, 0.29) is 5.91 Å². The summed E-state index contributed by atoms with van der Waals surface area (Å²) in [5.41, 5.74) is 0.530. The molecule has 0 spiro atoms. The van der Waals surface area contributed by atoms with Gasteiger partial charge in [-0.05, 0) is 25.5 Å². The zero-order chi connectivity index (χ0) is 12.7. The molecule has 0 heterocycles. The van der Waals surface area contributed by atoms with Crippen molar-refractivity contribution in [3.05, 3.63) is 35.9 Å². The average Bonchev–Trinajstić information content (AvgIpc) is 2.36. The first-order valence-electron chi connectivity index (χ1n) is 5.67. The van der Waals surface area contributed by atoms with E-state index in [2.05, 4.69) is 5.32 Å². The minimum absolute atomic E-state index is 0.272. The molecular weight excluding hydrogens is 218 g/mol. The minimum Gasteiger partial charge on any atom is -0.464 e. The first-order chi connectivity index (χ1) is 8.15. The summed E-state index contributed by atoms with van der Waals surface area (Å²) in [6.07, 6.45) is 0.769. The van der Waals surface area contributed by atoms with Crippen molar-refractivity contribution < 1.29 is 14.3 Å². The fraction of sp³-hybridized carbons (Fsp3) is 0.385. The van der Waals surface area contributed by atoms with Crippen molar-refractivity contribution in [2.24, 2.45) is 0 Å². The Morgan fingerprint density at radius 3 is 2.53 bits per heavy atom. The number of benzene rings is 1. The van der Waals surface area contributed by atoms with Crippen LogP contribution in [0.15, 0.2) is 30.3 Å². The predicted molar refractivity (Wildman–Crippen MR) is 64.6 cm³/mol. The number of carbonyl (C=O) groups excluding carboxylic acids is 2. The van der Waals surface area contributed by atoms with E-state index in [0.29, 0.717) is 12.2 Å². The highest BCUT2D eigenvalue weighted by Crippen LogP contribution is 1.99. The van der Waals surface area contributed by atoms with Gasteiger partial charge in [0.2, 0.25) is 0 Å². The van der Waals surface area contributed by atoms with Crippen LogP contribution < -0.4 is 5.32 Å². The Kier molecular flexibility index (Phi) is 5.20. The van der Waals surface area contributed by atoms with Crippen LogP contribution in [0.4, 0.5) is 0 Å². The number of amides is 1.